The predicted molar refractivity (Wildman–Crippen MR) is 101 cm³/mol. The number of carbonyl (C=O) groups excluding carboxylic acids is 1. The topological polar surface area (TPSA) is 64.4 Å². The number of oxazole rings is 1. The number of nitrogens with zero attached hydrogens (tertiary/aromatic N) is 1. The summed E-state index contributed by atoms with van der Waals surface area (Å²) >= 11 is 5.67. The standard InChI is InChI=1S/C20H25ClN2O3/c21-9-3-11-26-17-7-5-15(6-8-17)19(18-13-25-14-23-18)20(24)16-4-1-2-10-22-12-16/h5-8,13-14,16,19,22H,1-4,9-12H2. The van der Waals surface area contributed by atoms with Gasteiger partial charge >= 0.3 is 0 Å². The lowest BCUT2D eigenvalue weighted by molar-refractivity contribution is -0.123. The molecule has 0 radical (unpaired) electrons. The Balaban J connectivity index is 1.79. The van der Waals surface area contributed by atoms with E-state index in [4.69, 9.17) is 20.8 Å². The summed E-state index contributed by atoms with van der Waals surface area (Å²) in [5, 5.41) is 3.37. The SMILES string of the molecule is O=C(C1CCCCNC1)C(c1ccc(OCCCCl)cc1)c1cocn1. The highest BCUT2D eigenvalue weighted by Gasteiger charge is 2.31. The van der Waals surface area contributed by atoms with Gasteiger partial charge in [0.25, 0.3) is 0 Å². The molecule has 1 aromatic heterocycles. The molecular formula is C20H25ClN2O3. The van der Waals surface area contributed by atoms with Crippen LogP contribution in [0.4, 0.5) is 0 Å². The van der Waals surface area contributed by atoms with Crippen LogP contribution in [0.2, 0.25) is 0 Å². The number of carbonyl (C=O) groups is 1. The highest BCUT2D eigenvalue weighted by atomic mass is 35.5. The van der Waals surface area contributed by atoms with Crippen LogP contribution >= 0.6 is 11.6 Å². The van der Waals surface area contributed by atoms with E-state index in [1.165, 1.54) is 6.39 Å². The van der Waals surface area contributed by atoms with Gasteiger partial charge < -0.3 is 14.5 Å². The molecule has 2 unspecified atom stereocenters. The number of aromatic nitrogens is 1. The molecule has 2 atom stereocenters. The quantitative estimate of drug-likeness (QED) is 0.561. The molecule has 0 aliphatic carbocycles. The van der Waals surface area contributed by atoms with E-state index >= 15 is 0 Å². The Kier molecular flexibility index (Phi) is 7.09. The van der Waals surface area contributed by atoms with E-state index < -0.39 is 5.92 Å². The van der Waals surface area contributed by atoms with Crippen LogP contribution in [0.5, 0.6) is 5.75 Å². The molecule has 0 saturated carbocycles. The highest BCUT2D eigenvalue weighted by Crippen LogP contribution is 2.30. The number of nitrogens with one attached hydrogen (secondary N) is 1. The number of ether oxygens (including phenoxy) is 1. The molecule has 2 aromatic rings. The van der Waals surface area contributed by atoms with Crippen LogP contribution in [0.25, 0.3) is 0 Å². The first-order valence-corrected chi connectivity index (χ1v) is 9.74. The van der Waals surface area contributed by atoms with E-state index in [0.717, 1.165) is 50.1 Å². The lowest BCUT2D eigenvalue weighted by Gasteiger charge is -2.20. The van der Waals surface area contributed by atoms with Gasteiger partial charge in [0.1, 0.15) is 12.0 Å². The number of halogens is 1. The molecule has 1 aromatic carbocycles. The Morgan fingerprint density at radius 3 is 2.92 bits per heavy atom. The molecule has 5 nitrogen and oxygen atoms in total. The van der Waals surface area contributed by atoms with E-state index in [-0.39, 0.29) is 11.7 Å². The van der Waals surface area contributed by atoms with E-state index in [1.54, 1.807) is 6.26 Å². The average Bonchev–Trinajstić information content (AvgIpc) is 3.04. The zero-order valence-electron chi connectivity index (χ0n) is 14.8. The molecule has 140 valence electrons. The van der Waals surface area contributed by atoms with Gasteiger partial charge in [-0.2, -0.15) is 0 Å². The van der Waals surface area contributed by atoms with Gasteiger partial charge in [0.15, 0.2) is 12.2 Å². The van der Waals surface area contributed by atoms with Gasteiger partial charge in [-0.1, -0.05) is 18.6 Å². The monoisotopic (exact) mass is 376 g/mol. The molecule has 3 rings (SSSR count). The van der Waals surface area contributed by atoms with E-state index in [2.05, 4.69) is 10.3 Å². The third-order valence-electron chi connectivity index (χ3n) is 4.74. The van der Waals surface area contributed by atoms with Crippen molar-refractivity contribution in [1.29, 1.82) is 0 Å². The van der Waals surface area contributed by atoms with Crippen LogP contribution in [-0.4, -0.2) is 36.3 Å². The molecule has 0 bridgehead atoms. The number of hydrogen-bond acceptors (Lipinski definition) is 5. The van der Waals surface area contributed by atoms with Gasteiger partial charge in [-0.05, 0) is 43.5 Å². The zero-order chi connectivity index (χ0) is 18.2. The molecule has 1 aliphatic rings. The Morgan fingerprint density at radius 1 is 1.35 bits per heavy atom. The molecule has 0 amide bonds. The second-order valence-electron chi connectivity index (χ2n) is 6.61. The van der Waals surface area contributed by atoms with Gasteiger partial charge in [0.05, 0.1) is 18.2 Å². The van der Waals surface area contributed by atoms with Crippen molar-refractivity contribution in [1.82, 2.24) is 10.3 Å². The van der Waals surface area contributed by atoms with Gasteiger partial charge in [0.2, 0.25) is 0 Å². The van der Waals surface area contributed by atoms with Crippen molar-refractivity contribution in [3.63, 3.8) is 0 Å². The number of rotatable bonds is 8. The molecular weight excluding hydrogens is 352 g/mol. The van der Waals surface area contributed by atoms with Crippen molar-refractivity contribution in [2.24, 2.45) is 5.92 Å². The lowest BCUT2D eigenvalue weighted by Crippen LogP contribution is -2.30. The predicted octanol–water partition coefficient (Wildman–Crippen LogP) is 3.77. The van der Waals surface area contributed by atoms with Crippen LogP contribution in [0.15, 0.2) is 41.3 Å². The fourth-order valence-electron chi connectivity index (χ4n) is 3.34. The van der Waals surface area contributed by atoms with Crippen molar-refractivity contribution in [3.05, 3.63) is 48.2 Å². The highest BCUT2D eigenvalue weighted by molar-refractivity contribution is 6.17. The summed E-state index contributed by atoms with van der Waals surface area (Å²) in [7, 11) is 0. The summed E-state index contributed by atoms with van der Waals surface area (Å²) in [5.74, 6) is 1.15. The molecule has 1 aliphatic heterocycles. The first kappa shape index (κ1) is 18.9. The van der Waals surface area contributed by atoms with Gasteiger partial charge in [0, 0.05) is 18.3 Å². The fourth-order valence-corrected chi connectivity index (χ4v) is 3.45. The number of alkyl halides is 1. The smallest absolute Gasteiger partial charge is 0.180 e. The average molecular weight is 377 g/mol. The molecule has 6 heteroatoms. The fraction of sp³-hybridized carbons (Fsp3) is 0.500. The van der Waals surface area contributed by atoms with Crippen LogP contribution < -0.4 is 10.1 Å². The summed E-state index contributed by atoms with van der Waals surface area (Å²) in [6.07, 6.45) is 6.86. The third kappa shape index (κ3) is 4.86. The van der Waals surface area contributed by atoms with E-state index in [1.807, 2.05) is 24.3 Å². The molecule has 26 heavy (non-hydrogen) atoms. The largest absolute Gasteiger partial charge is 0.494 e. The molecule has 0 spiro atoms. The normalized spacial score (nSPS) is 18.9. The van der Waals surface area contributed by atoms with Gasteiger partial charge in [-0.15, -0.1) is 11.6 Å². The molecule has 1 fully saturated rings. The van der Waals surface area contributed by atoms with Gasteiger partial charge in [-0.25, -0.2) is 4.98 Å². The van der Waals surface area contributed by atoms with Crippen LogP contribution in [0.1, 0.15) is 42.9 Å². The van der Waals surface area contributed by atoms with Crippen molar-refractivity contribution >= 4 is 17.4 Å². The Labute approximate surface area is 159 Å². The number of ketones is 1. The summed E-state index contributed by atoms with van der Waals surface area (Å²) in [6, 6.07) is 7.68. The van der Waals surface area contributed by atoms with Crippen LogP contribution in [-0.2, 0) is 4.79 Å². The summed E-state index contributed by atoms with van der Waals surface area (Å²) < 4.78 is 10.8. The minimum absolute atomic E-state index is 0.00107. The second-order valence-corrected chi connectivity index (χ2v) is 6.98. The summed E-state index contributed by atoms with van der Waals surface area (Å²) in [5.41, 5.74) is 1.58. The number of benzene rings is 1. The first-order chi connectivity index (χ1) is 12.8. The van der Waals surface area contributed by atoms with Crippen molar-refractivity contribution in [3.8, 4) is 5.75 Å². The van der Waals surface area contributed by atoms with Crippen molar-refractivity contribution in [2.45, 2.75) is 31.6 Å². The minimum atomic E-state index is -0.407. The second kappa shape index (κ2) is 9.74. The molecule has 2 heterocycles. The van der Waals surface area contributed by atoms with E-state index in [0.29, 0.717) is 18.2 Å². The zero-order valence-corrected chi connectivity index (χ0v) is 15.6. The van der Waals surface area contributed by atoms with Gasteiger partial charge in [-0.3, -0.25) is 4.79 Å². The first-order valence-electron chi connectivity index (χ1n) is 9.21. The summed E-state index contributed by atoms with van der Waals surface area (Å²) in [6.45, 7) is 2.29. The minimum Gasteiger partial charge on any atom is -0.494 e. The number of Topliss-reactive ketones (excluding diaryl/α,β-unsaturated/α-hetero) is 1. The maximum atomic E-state index is 13.3. The van der Waals surface area contributed by atoms with Crippen molar-refractivity contribution < 1.29 is 13.9 Å². The van der Waals surface area contributed by atoms with Crippen LogP contribution in [0, 0.1) is 5.92 Å². The maximum absolute atomic E-state index is 13.3. The maximum Gasteiger partial charge on any atom is 0.180 e. The van der Waals surface area contributed by atoms with Crippen molar-refractivity contribution in [2.75, 3.05) is 25.6 Å². The molecule has 1 N–H and O–H groups in total. The lowest BCUT2D eigenvalue weighted by atomic mass is 9.83. The number of hydrogen-bond donors (Lipinski definition) is 1. The van der Waals surface area contributed by atoms with E-state index in [9.17, 15) is 4.79 Å². The third-order valence-corrected chi connectivity index (χ3v) is 5.01. The Morgan fingerprint density at radius 2 is 2.19 bits per heavy atom. The Hall–Kier alpha value is -1.85. The Bertz CT molecular complexity index is 665. The molecule has 1 saturated heterocycles. The summed E-state index contributed by atoms with van der Waals surface area (Å²) in [4.78, 5) is 17.5. The van der Waals surface area contributed by atoms with Crippen LogP contribution in [0.3, 0.4) is 0 Å².